The maximum atomic E-state index is 4.20. The van der Waals surface area contributed by atoms with E-state index in [1.807, 2.05) is 11.0 Å². The number of hydrogen-bond acceptors (Lipinski definition) is 3. The molecule has 1 aliphatic rings. The molecule has 1 aromatic heterocycles. The predicted molar refractivity (Wildman–Crippen MR) is 63.8 cm³/mol. The van der Waals surface area contributed by atoms with Crippen molar-refractivity contribution >= 4 is 11.8 Å². The zero-order chi connectivity index (χ0) is 10.7. The molecule has 2 heterocycles. The Morgan fingerprint density at radius 1 is 1.53 bits per heavy atom. The lowest BCUT2D eigenvalue weighted by molar-refractivity contribution is 0.231. The summed E-state index contributed by atoms with van der Waals surface area (Å²) in [5.41, 5.74) is 0. The molecule has 0 amide bonds. The summed E-state index contributed by atoms with van der Waals surface area (Å²) in [5, 5.41) is 4.20. The Bertz CT molecular complexity index is 284. The van der Waals surface area contributed by atoms with Gasteiger partial charge < -0.3 is 0 Å². The van der Waals surface area contributed by atoms with Gasteiger partial charge in [-0.15, -0.1) is 0 Å². The summed E-state index contributed by atoms with van der Waals surface area (Å²) in [6.45, 7) is 5.72. The maximum absolute atomic E-state index is 4.20. The molecule has 3 nitrogen and oxygen atoms in total. The number of aromatic nitrogens is 3. The van der Waals surface area contributed by atoms with Crippen LogP contribution in [0.25, 0.3) is 0 Å². The second-order valence-electron chi connectivity index (χ2n) is 4.65. The first kappa shape index (κ1) is 11.0. The quantitative estimate of drug-likeness (QED) is 0.791. The van der Waals surface area contributed by atoms with Crippen molar-refractivity contribution in [1.29, 1.82) is 0 Å². The van der Waals surface area contributed by atoms with E-state index in [2.05, 4.69) is 35.7 Å². The largest absolute Gasteiger partial charge is 0.253 e. The van der Waals surface area contributed by atoms with Gasteiger partial charge >= 0.3 is 0 Å². The standard InChI is InChI=1S/C11H19N3S/c1-9(2)11-3-4-15-6-10(11)5-14-8-12-7-13-14/h7-11H,3-6H2,1-2H3/t10-,11-/m1/s1. The van der Waals surface area contributed by atoms with Crippen LogP contribution in [0.2, 0.25) is 0 Å². The van der Waals surface area contributed by atoms with E-state index in [9.17, 15) is 0 Å². The predicted octanol–water partition coefficient (Wildman–Crippen LogP) is 2.30. The highest BCUT2D eigenvalue weighted by atomic mass is 32.2. The van der Waals surface area contributed by atoms with Crippen LogP contribution in [0.4, 0.5) is 0 Å². The van der Waals surface area contributed by atoms with E-state index in [0.717, 1.165) is 24.3 Å². The van der Waals surface area contributed by atoms with Crippen molar-refractivity contribution in [3.05, 3.63) is 12.7 Å². The van der Waals surface area contributed by atoms with Gasteiger partial charge in [0, 0.05) is 6.54 Å². The van der Waals surface area contributed by atoms with Crippen LogP contribution in [0.3, 0.4) is 0 Å². The lowest BCUT2D eigenvalue weighted by Gasteiger charge is -2.33. The highest BCUT2D eigenvalue weighted by Crippen LogP contribution is 2.34. The molecule has 15 heavy (non-hydrogen) atoms. The molecule has 0 aliphatic carbocycles. The van der Waals surface area contributed by atoms with Crippen molar-refractivity contribution in [2.24, 2.45) is 17.8 Å². The van der Waals surface area contributed by atoms with Gasteiger partial charge in [0.2, 0.25) is 0 Å². The molecule has 0 bridgehead atoms. The summed E-state index contributed by atoms with van der Waals surface area (Å²) in [7, 11) is 0. The lowest BCUT2D eigenvalue weighted by Crippen LogP contribution is -2.30. The van der Waals surface area contributed by atoms with Gasteiger partial charge in [-0.05, 0) is 35.7 Å². The van der Waals surface area contributed by atoms with Crippen molar-refractivity contribution in [2.45, 2.75) is 26.8 Å². The molecule has 2 atom stereocenters. The topological polar surface area (TPSA) is 30.7 Å². The molecule has 84 valence electrons. The first-order valence-electron chi connectivity index (χ1n) is 5.67. The Morgan fingerprint density at radius 3 is 3.07 bits per heavy atom. The van der Waals surface area contributed by atoms with Gasteiger partial charge in [-0.1, -0.05) is 13.8 Å². The van der Waals surface area contributed by atoms with E-state index >= 15 is 0 Å². The number of nitrogens with zero attached hydrogens (tertiary/aromatic N) is 3. The van der Waals surface area contributed by atoms with Crippen LogP contribution >= 0.6 is 11.8 Å². The fourth-order valence-corrected chi connectivity index (χ4v) is 3.71. The first-order valence-corrected chi connectivity index (χ1v) is 6.83. The van der Waals surface area contributed by atoms with Crippen LogP contribution in [-0.2, 0) is 6.54 Å². The SMILES string of the molecule is CC(C)[C@H]1CCSC[C@H]1Cn1cncn1. The molecular formula is C11H19N3S. The van der Waals surface area contributed by atoms with Crippen molar-refractivity contribution in [3.8, 4) is 0 Å². The number of hydrogen-bond donors (Lipinski definition) is 0. The molecule has 1 saturated heterocycles. The van der Waals surface area contributed by atoms with Crippen LogP contribution in [0.1, 0.15) is 20.3 Å². The Balaban J connectivity index is 1.99. The highest BCUT2D eigenvalue weighted by molar-refractivity contribution is 7.99. The number of rotatable bonds is 3. The summed E-state index contributed by atoms with van der Waals surface area (Å²) in [6.07, 6.45) is 4.82. The summed E-state index contributed by atoms with van der Waals surface area (Å²) in [5.74, 6) is 5.03. The van der Waals surface area contributed by atoms with Crippen molar-refractivity contribution < 1.29 is 0 Å². The van der Waals surface area contributed by atoms with E-state index in [0.29, 0.717) is 0 Å². The monoisotopic (exact) mass is 225 g/mol. The van der Waals surface area contributed by atoms with Crippen LogP contribution < -0.4 is 0 Å². The smallest absolute Gasteiger partial charge is 0.137 e. The fraction of sp³-hybridized carbons (Fsp3) is 0.818. The second-order valence-corrected chi connectivity index (χ2v) is 5.80. The Morgan fingerprint density at radius 2 is 2.40 bits per heavy atom. The highest BCUT2D eigenvalue weighted by Gasteiger charge is 2.28. The molecule has 2 rings (SSSR count). The second kappa shape index (κ2) is 5.01. The zero-order valence-corrected chi connectivity index (χ0v) is 10.3. The lowest BCUT2D eigenvalue weighted by atomic mass is 9.82. The minimum absolute atomic E-state index is 0.769. The molecule has 0 saturated carbocycles. The van der Waals surface area contributed by atoms with Crippen LogP contribution in [-0.4, -0.2) is 26.3 Å². The Hall–Kier alpha value is -0.510. The molecule has 1 aromatic rings. The minimum Gasteiger partial charge on any atom is -0.253 e. The average molecular weight is 225 g/mol. The van der Waals surface area contributed by atoms with Crippen LogP contribution in [0, 0.1) is 17.8 Å². The molecule has 0 spiro atoms. The third-order valence-corrected chi connectivity index (χ3v) is 4.47. The molecule has 1 fully saturated rings. The van der Waals surface area contributed by atoms with Gasteiger partial charge in [0.25, 0.3) is 0 Å². The first-order chi connectivity index (χ1) is 7.27. The molecule has 1 aliphatic heterocycles. The molecule has 0 aromatic carbocycles. The van der Waals surface area contributed by atoms with Crippen molar-refractivity contribution in [2.75, 3.05) is 11.5 Å². The minimum atomic E-state index is 0.769. The zero-order valence-electron chi connectivity index (χ0n) is 9.47. The van der Waals surface area contributed by atoms with Gasteiger partial charge in [0.15, 0.2) is 0 Å². The molecule has 0 radical (unpaired) electrons. The number of thioether (sulfide) groups is 1. The normalized spacial score (nSPS) is 27.1. The molecular weight excluding hydrogens is 206 g/mol. The van der Waals surface area contributed by atoms with Crippen LogP contribution in [0.5, 0.6) is 0 Å². The molecule has 0 N–H and O–H groups in total. The average Bonchev–Trinajstić information content (AvgIpc) is 2.71. The summed E-state index contributed by atoms with van der Waals surface area (Å²) in [4.78, 5) is 4.00. The van der Waals surface area contributed by atoms with E-state index < -0.39 is 0 Å². The summed E-state index contributed by atoms with van der Waals surface area (Å²) < 4.78 is 1.98. The van der Waals surface area contributed by atoms with Gasteiger partial charge in [0.05, 0.1) is 0 Å². The Kier molecular flexibility index (Phi) is 3.67. The van der Waals surface area contributed by atoms with E-state index in [1.165, 1.54) is 17.9 Å². The fourth-order valence-electron chi connectivity index (χ4n) is 2.45. The summed E-state index contributed by atoms with van der Waals surface area (Å²) in [6, 6.07) is 0. The maximum Gasteiger partial charge on any atom is 0.137 e. The molecule has 0 unspecified atom stereocenters. The van der Waals surface area contributed by atoms with Gasteiger partial charge in [-0.2, -0.15) is 16.9 Å². The summed E-state index contributed by atoms with van der Waals surface area (Å²) >= 11 is 2.08. The Labute approximate surface area is 95.7 Å². The van der Waals surface area contributed by atoms with Crippen molar-refractivity contribution in [3.63, 3.8) is 0 Å². The van der Waals surface area contributed by atoms with E-state index in [1.54, 1.807) is 6.33 Å². The van der Waals surface area contributed by atoms with Crippen LogP contribution in [0.15, 0.2) is 12.7 Å². The third-order valence-electron chi connectivity index (χ3n) is 3.28. The van der Waals surface area contributed by atoms with Gasteiger partial charge in [-0.25, -0.2) is 4.98 Å². The van der Waals surface area contributed by atoms with E-state index in [-0.39, 0.29) is 0 Å². The third kappa shape index (κ3) is 2.74. The van der Waals surface area contributed by atoms with E-state index in [4.69, 9.17) is 0 Å². The molecule has 4 heteroatoms. The van der Waals surface area contributed by atoms with Gasteiger partial charge in [-0.3, -0.25) is 4.68 Å². The van der Waals surface area contributed by atoms with Gasteiger partial charge in [0.1, 0.15) is 12.7 Å². The van der Waals surface area contributed by atoms with Crippen molar-refractivity contribution in [1.82, 2.24) is 14.8 Å².